The van der Waals surface area contributed by atoms with Crippen LogP contribution in [0.4, 0.5) is 0 Å². The zero-order valence-corrected chi connectivity index (χ0v) is 15.3. The molecule has 3 rings (SSSR count). The summed E-state index contributed by atoms with van der Waals surface area (Å²) >= 11 is 0. The van der Waals surface area contributed by atoms with Crippen molar-refractivity contribution in [3.05, 3.63) is 41.6 Å². The van der Waals surface area contributed by atoms with Crippen LogP contribution in [0.2, 0.25) is 0 Å². The van der Waals surface area contributed by atoms with Crippen molar-refractivity contribution in [1.82, 2.24) is 15.1 Å². The van der Waals surface area contributed by atoms with Gasteiger partial charge in [0.1, 0.15) is 0 Å². The van der Waals surface area contributed by atoms with E-state index in [0.29, 0.717) is 11.8 Å². The van der Waals surface area contributed by atoms with Crippen LogP contribution in [0, 0.1) is 6.92 Å². The lowest BCUT2D eigenvalue weighted by molar-refractivity contribution is -0.140. The van der Waals surface area contributed by atoms with Crippen LogP contribution in [0.15, 0.2) is 33.6 Å². The smallest absolute Gasteiger partial charge is 0.235 e. The third kappa shape index (κ3) is 3.30. The number of benzene rings is 1. The van der Waals surface area contributed by atoms with Gasteiger partial charge in [-0.2, -0.15) is 0 Å². The van der Waals surface area contributed by atoms with Crippen molar-refractivity contribution in [1.29, 1.82) is 0 Å². The Morgan fingerprint density at radius 1 is 1.24 bits per heavy atom. The fraction of sp³-hybridized carbons (Fsp3) is 0.471. The monoisotopic (exact) mass is 363 g/mol. The fourth-order valence-electron chi connectivity index (χ4n) is 3.22. The highest BCUT2D eigenvalue weighted by atomic mass is 32.2. The van der Waals surface area contributed by atoms with Crippen molar-refractivity contribution in [3.8, 4) is 0 Å². The molecule has 1 heterocycles. The molecule has 1 fully saturated rings. The maximum atomic E-state index is 13.1. The number of carbonyl (C=O) groups excluding carboxylic acids is 1. The number of nitrogens with zero attached hydrogens (tertiary/aromatic N) is 3. The Morgan fingerprint density at radius 3 is 2.32 bits per heavy atom. The van der Waals surface area contributed by atoms with Crippen LogP contribution in [0.5, 0.6) is 0 Å². The van der Waals surface area contributed by atoms with Gasteiger partial charge < -0.3 is 9.32 Å². The molecule has 0 atom stereocenters. The van der Waals surface area contributed by atoms with E-state index in [1.807, 2.05) is 0 Å². The van der Waals surface area contributed by atoms with E-state index in [4.69, 9.17) is 4.42 Å². The lowest BCUT2D eigenvalue weighted by Gasteiger charge is -2.43. The standard InChI is InChI=1S/C17H21N3O4S/c1-12-18-19-15(24-12)11-20(2)16(21)17(9-4-10-17)13-5-7-14(8-6-13)25(3,22)23/h5-8H,4,9-11H2,1-3H3. The number of aromatic nitrogens is 2. The molecule has 0 N–H and O–H groups in total. The number of aryl methyl sites for hydroxylation is 1. The zero-order chi connectivity index (χ0) is 18.2. The van der Waals surface area contributed by atoms with Crippen LogP contribution in [0.25, 0.3) is 0 Å². The van der Waals surface area contributed by atoms with Crippen LogP contribution in [0.3, 0.4) is 0 Å². The number of hydrogen-bond donors (Lipinski definition) is 0. The first-order valence-electron chi connectivity index (χ1n) is 8.07. The van der Waals surface area contributed by atoms with Gasteiger partial charge in [0.15, 0.2) is 9.84 Å². The normalized spacial score (nSPS) is 16.3. The van der Waals surface area contributed by atoms with Crippen LogP contribution < -0.4 is 0 Å². The second-order valence-corrected chi connectivity index (χ2v) is 8.62. The Bertz CT molecular complexity index is 883. The average Bonchev–Trinajstić information content (AvgIpc) is 2.90. The molecule has 8 heteroatoms. The lowest BCUT2D eigenvalue weighted by Crippen LogP contribution is -2.49. The first-order chi connectivity index (χ1) is 11.7. The Kier molecular flexibility index (Phi) is 4.40. The Hall–Kier alpha value is -2.22. The number of hydrogen-bond acceptors (Lipinski definition) is 6. The van der Waals surface area contributed by atoms with E-state index in [1.54, 1.807) is 43.1 Å². The summed E-state index contributed by atoms with van der Waals surface area (Å²) in [6.07, 6.45) is 3.63. The second-order valence-electron chi connectivity index (χ2n) is 6.61. The van der Waals surface area contributed by atoms with Gasteiger partial charge >= 0.3 is 0 Å². The van der Waals surface area contributed by atoms with Crippen LogP contribution in [-0.2, 0) is 26.6 Å². The molecule has 1 aromatic heterocycles. The SMILES string of the molecule is Cc1nnc(CN(C)C(=O)C2(c3ccc(S(C)(=O)=O)cc3)CCC2)o1. The number of rotatable bonds is 5. The fourth-order valence-corrected chi connectivity index (χ4v) is 3.85. The van der Waals surface area contributed by atoms with E-state index >= 15 is 0 Å². The molecule has 2 aromatic rings. The number of carbonyl (C=O) groups is 1. The molecule has 1 aliphatic carbocycles. The van der Waals surface area contributed by atoms with Crippen molar-refractivity contribution in [2.75, 3.05) is 13.3 Å². The summed E-state index contributed by atoms with van der Waals surface area (Å²) in [6, 6.07) is 6.63. The maximum absolute atomic E-state index is 13.1. The molecule has 1 aliphatic rings. The first kappa shape index (κ1) is 17.6. The molecule has 0 spiro atoms. The summed E-state index contributed by atoms with van der Waals surface area (Å²) in [7, 11) is -1.54. The first-order valence-corrected chi connectivity index (χ1v) is 9.97. The average molecular weight is 363 g/mol. The van der Waals surface area contributed by atoms with Gasteiger partial charge in [0.05, 0.1) is 16.9 Å². The van der Waals surface area contributed by atoms with Gasteiger partial charge in [-0.15, -0.1) is 10.2 Å². The van der Waals surface area contributed by atoms with Gasteiger partial charge in [-0.3, -0.25) is 4.79 Å². The highest BCUT2D eigenvalue weighted by molar-refractivity contribution is 7.90. The molecule has 25 heavy (non-hydrogen) atoms. The van der Waals surface area contributed by atoms with Crippen LogP contribution in [0.1, 0.15) is 36.6 Å². The predicted octanol–water partition coefficient (Wildman–Crippen LogP) is 1.86. The number of amides is 1. The van der Waals surface area contributed by atoms with Gasteiger partial charge in [-0.05, 0) is 30.5 Å². The molecule has 1 saturated carbocycles. The summed E-state index contributed by atoms with van der Waals surface area (Å²) in [5.41, 5.74) is 0.254. The van der Waals surface area contributed by atoms with E-state index < -0.39 is 15.3 Å². The van der Waals surface area contributed by atoms with E-state index in [0.717, 1.165) is 24.8 Å². The predicted molar refractivity (Wildman–Crippen MR) is 90.6 cm³/mol. The summed E-state index contributed by atoms with van der Waals surface area (Å²) in [5.74, 6) is 0.850. The molecule has 0 unspecified atom stereocenters. The van der Waals surface area contributed by atoms with Crippen LogP contribution >= 0.6 is 0 Å². The van der Waals surface area contributed by atoms with Gasteiger partial charge in [0.2, 0.25) is 17.7 Å². The summed E-state index contributed by atoms with van der Waals surface area (Å²) in [5, 5.41) is 7.70. The molecule has 0 bridgehead atoms. The van der Waals surface area contributed by atoms with E-state index in [9.17, 15) is 13.2 Å². The van der Waals surface area contributed by atoms with Crippen LogP contribution in [-0.4, -0.2) is 42.7 Å². The Labute approximate surface area is 147 Å². The largest absolute Gasteiger partial charge is 0.424 e. The number of sulfone groups is 1. The molecule has 1 amide bonds. The summed E-state index contributed by atoms with van der Waals surface area (Å²) < 4.78 is 28.6. The molecule has 0 radical (unpaired) electrons. The second kappa shape index (κ2) is 6.25. The maximum Gasteiger partial charge on any atom is 0.235 e. The van der Waals surface area contributed by atoms with Crippen molar-refractivity contribution in [2.45, 2.75) is 43.0 Å². The lowest BCUT2D eigenvalue weighted by atomic mass is 9.63. The van der Waals surface area contributed by atoms with E-state index in [1.165, 1.54) is 6.26 Å². The number of likely N-dealkylation sites (N-methyl/N-ethyl adjacent to an activating group) is 1. The summed E-state index contributed by atoms with van der Waals surface area (Å²) in [4.78, 5) is 14.9. The minimum atomic E-state index is -3.25. The highest BCUT2D eigenvalue weighted by Crippen LogP contribution is 2.45. The molecular weight excluding hydrogens is 342 g/mol. The van der Waals surface area contributed by atoms with Gasteiger partial charge in [-0.1, -0.05) is 18.6 Å². The van der Waals surface area contributed by atoms with Crippen molar-refractivity contribution in [3.63, 3.8) is 0 Å². The van der Waals surface area contributed by atoms with Gasteiger partial charge in [0.25, 0.3) is 0 Å². The molecule has 7 nitrogen and oxygen atoms in total. The van der Waals surface area contributed by atoms with Crippen molar-refractivity contribution in [2.24, 2.45) is 0 Å². The molecule has 134 valence electrons. The van der Waals surface area contributed by atoms with Gasteiger partial charge in [0, 0.05) is 20.2 Å². The van der Waals surface area contributed by atoms with Crippen molar-refractivity contribution >= 4 is 15.7 Å². The molecular formula is C17H21N3O4S. The van der Waals surface area contributed by atoms with Crippen molar-refractivity contribution < 1.29 is 17.6 Å². The Balaban J connectivity index is 1.83. The quantitative estimate of drug-likeness (QED) is 0.805. The topological polar surface area (TPSA) is 93.4 Å². The highest BCUT2D eigenvalue weighted by Gasteiger charge is 2.47. The van der Waals surface area contributed by atoms with Gasteiger partial charge in [-0.25, -0.2) is 8.42 Å². The zero-order valence-electron chi connectivity index (χ0n) is 14.5. The minimum absolute atomic E-state index is 0.0123. The third-order valence-corrected chi connectivity index (χ3v) is 5.87. The molecule has 0 saturated heterocycles. The van der Waals surface area contributed by atoms with E-state index in [2.05, 4.69) is 10.2 Å². The molecule has 0 aliphatic heterocycles. The Morgan fingerprint density at radius 2 is 1.88 bits per heavy atom. The minimum Gasteiger partial charge on any atom is -0.424 e. The molecule has 1 aromatic carbocycles. The van der Waals surface area contributed by atoms with E-state index in [-0.39, 0.29) is 17.3 Å². The summed E-state index contributed by atoms with van der Waals surface area (Å²) in [6.45, 7) is 1.96. The third-order valence-electron chi connectivity index (χ3n) is 4.74.